The van der Waals surface area contributed by atoms with Gasteiger partial charge in [0.25, 0.3) is 10.0 Å². The topological polar surface area (TPSA) is 84.5 Å². The molecule has 8 heteroatoms. The second kappa shape index (κ2) is 7.49. The molecule has 1 aromatic rings. The van der Waals surface area contributed by atoms with E-state index in [1.54, 1.807) is 19.1 Å². The van der Waals surface area contributed by atoms with Crippen molar-refractivity contribution in [3.05, 3.63) is 52.8 Å². The zero-order valence-electron chi connectivity index (χ0n) is 11.5. The van der Waals surface area contributed by atoms with E-state index >= 15 is 0 Å². The second-order valence-electron chi connectivity index (χ2n) is 4.18. The molecule has 3 N–H and O–H groups in total. The highest BCUT2D eigenvalue weighted by atomic mass is 35.5. The van der Waals surface area contributed by atoms with Gasteiger partial charge in [-0.15, -0.1) is 0 Å². The molecule has 0 aliphatic rings. The van der Waals surface area contributed by atoms with Gasteiger partial charge in [-0.05, 0) is 49.2 Å². The summed E-state index contributed by atoms with van der Waals surface area (Å²) in [6.07, 6.45) is 2.71. The Labute approximate surface area is 134 Å². The molecule has 0 spiro atoms. The van der Waals surface area contributed by atoms with Crippen LogP contribution in [0, 0.1) is 6.92 Å². The van der Waals surface area contributed by atoms with Crippen molar-refractivity contribution >= 4 is 38.5 Å². The Bertz CT molecular complexity index is 689. The molecule has 0 saturated heterocycles. The smallest absolute Gasteiger partial charge is 0.261 e. The molecular weight excluding hydrogens is 333 g/mol. The van der Waals surface area contributed by atoms with Gasteiger partial charge in [0.15, 0.2) is 5.29 Å². The highest BCUT2D eigenvalue weighted by Crippen LogP contribution is 2.13. The number of benzene rings is 1. The molecule has 114 valence electrons. The quantitative estimate of drug-likeness (QED) is 0.371. The largest absolute Gasteiger partial charge is 0.374 e. The first-order valence-electron chi connectivity index (χ1n) is 5.84. The monoisotopic (exact) mass is 347 g/mol. The molecule has 21 heavy (non-hydrogen) atoms. The fourth-order valence-electron chi connectivity index (χ4n) is 1.28. The van der Waals surface area contributed by atoms with Gasteiger partial charge in [-0.3, -0.25) is 4.72 Å². The Morgan fingerprint density at radius 2 is 1.86 bits per heavy atom. The molecule has 0 aliphatic carbocycles. The number of amidine groups is 1. The van der Waals surface area contributed by atoms with Crippen LogP contribution >= 0.6 is 23.2 Å². The van der Waals surface area contributed by atoms with Gasteiger partial charge in [0.1, 0.15) is 5.16 Å². The molecule has 0 bridgehead atoms. The van der Waals surface area contributed by atoms with E-state index in [1.165, 1.54) is 24.4 Å². The molecule has 5 nitrogen and oxygen atoms in total. The fraction of sp³-hybridized carbons (Fsp3) is 0.154. The molecule has 0 unspecified atom stereocenters. The number of nitrogens with zero attached hydrogens (tertiary/aromatic N) is 1. The Morgan fingerprint density at radius 3 is 2.38 bits per heavy atom. The standard InChI is InChI=1S/C13H15Cl2N3O2S/c1-9-3-5-11(6-4-9)21(19,20)17-8-7-10(2)12(14)18-13(15)16/h3-8,17H,1-2H3,(H2,16,18)/b8-7-,12-10?. The molecule has 0 heterocycles. The lowest BCUT2D eigenvalue weighted by atomic mass is 10.2. The average Bonchev–Trinajstić information content (AvgIpc) is 2.38. The molecule has 0 aliphatic heterocycles. The van der Waals surface area contributed by atoms with Crippen LogP contribution < -0.4 is 10.5 Å². The molecule has 1 aromatic carbocycles. The van der Waals surface area contributed by atoms with Crippen LogP contribution in [0.5, 0.6) is 0 Å². The van der Waals surface area contributed by atoms with Crippen LogP contribution in [0.2, 0.25) is 0 Å². The van der Waals surface area contributed by atoms with Gasteiger partial charge in [0.2, 0.25) is 0 Å². The first-order chi connectivity index (χ1) is 9.72. The highest BCUT2D eigenvalue weighted by Gasteiger charge is 2.10. The second-order valence-corrected chi connectivity index (χ2v) is 6.64. The van der Waals surface area contributed by atoms with Gasteiger partial charge in [-0.25, -0.2) is 13.4 Å². The number of aliphatic imine (C=N–C) groups is 1. The van der Waals surface area contributed by atoms with Gasteiger partial charge in [-0.2, -0.15) is 0 Å². The number of halogens is 2. The number of aryl methyl sites for hydroxylation is 1. The van der Waals surface area contributed by atoms with Crippen molar-refractivity contribution in [2.45, 2.75) is 18.7 Å². The van der Waals surface area contributed by atoms with Crippen LogP contribution in [-0.4, -0.2) is 13.7 Å². The van der Waals surface area contributed by atoms with Crippen molar-refractivity contribution in [3.63, 3.8) is 0 Å². The molecule has 0 amide bonds. The summed E-state index contributed by atoms with van der Waals surface area (Å²) in [6, 6.07) is 6.50. The van der Waals surface area contributed by atoms with Crippen molar-refractivity contribution in [3.8, 4) is 0 Å². The van der Waals surface area contributed by atoms with Crippen molar-refractivity contribution in [1.82, 2.24) is 4.72 Å². The zero-order chi connectivity index (χ0) is 16.0. The maximum Gasteiger partial charge on any atom is 0.261 e. The van der Waals surface area contributed by atoms with Gasteiger partial charge in [-0.1, -0.05) is 29.3 Å². The molecule has 0 atom stereocenters. The predicted molar refractivity (Wildman–Crippen MR) is 86.7 cm³/mol. The Hall–Kier alpha value is -1.50. The summed E-state index contributed by atoms with van der Waals surface area (Å²) in [5.41, 5.74) is 6.66. The number of nitrogens with two attached hydrogens (primary N) is 1. The minimum Gasteiger partial charge on any atom is -0.374 e. The summed E-state index contributed by atoms with van der Waals surface area (Å²) in [7, 11) is -3.61. The van der Waals surface area contributed by atoms with Crippen LogP contribution in [-0.2, 0) is 10.0 Å². The Morgan fingerprint density at radius 1 is 1.29 bits per heavy atom. The Kier molecular flexibility index (Phi) is 6.26. The van der Waals surface area contributed by atoms with Crippen LogP contribution in [0.4, 0.5) is 0 Å². The third-order valence-corrected chi connectivity index (χ3v) is 4.22. The van der Waals surface area contributed by atoms with E-state index < -0.39 is 10.0 Å². The SMILES string of the molecule is CC(/C=C\NS(=O)(=O)c1ccc(C)cc1)=C(Cl)N=C(N)Cl. The lowest BCUT2D eigenvalue weighted by Gasteiger charge is -2.04. The van der Waals surface area contributed by atoms with Gasteiger partial charge in [0, 0.05) is 6.20 Å². The molecule has 0 aromatic heterocycles. The van der Waals surface area contributed by atoms with Crippen LogP contribution in [0.25, 0.3) is 0 Å². The van der Waals surface area contributed by atoms with Crippen LogP contribution in [0.3, 0.4) is 0 Å². The average molecular weight is 348 g/mol. The summed E-state index contributed by atoms with van der Waals surface area (Å²) < 4.78 is 26.3. The predicted octanol–water partition coefficient (Wildman–Crippen LogP) is 2.81. The lowest BCUT2D eigenvalue weighted by Crippen LogP contribution is -2.17. The number of hydrogen-bond donors (Lipinski definition) is 2. The van der Waals surface area contributed by atoms with E-state index in [0.29, 0.717) is 5.57 Å². The minimum atomic E-state index is -3.61. The zero-order valence-corrected chi connectivity index (χ0v) is 13.8. The third kappa shape index (κ3) is 5.79. The maximum atomic E-state index is 12.0. The number of allylic oxidation sites excluding steroid dienone is 2. The molecule has 0 radical (unpaired) electrons. The van der Waals surface area contributed by atoms with Crippen molar-refractivity contribution in [2.24, 2.45) is 10.7 Å². The normalized spacial score (nSPS) is 14.2. The number of nitrogens with one attached hydrogen (secondary N) is 1. The van der Waals surface area contributed by atoms with Crippen LogP contribution in [0.15, 0.2) is 57.2 Å². The fourth-order valence-corrected chi connectivity index (χ4v) is 2.44. The van der Waals surface area contributed by atoms with Gasteiger partial charge >= 0.3 is 0 Å². The van der Waals surface area contributed by atoms with Crippen molar-refractivity contribution in [2.75, 3.05) is 0 Å². The van der Waals surface area contributed by atoms with Crippen LogP contribution in [0.1, 0.15) is 12.5 Å². The summed E-state index contributed by atoms with van der Waals surface area (Å²) in [4.78, 5) is 3.81. The molecule has 0 saturated carbocycles. The molecule has 0 fully saturated rings. The van der Waals surface area contributed by atoms with Gasteiger partial charge < -0.3 is 5.73 Å². The first kappa shape index (κ1) is 17.6. The lowest BCUT2D eigenvalue weighted by molar-refractivity contribution is 0.590. The van der Waals surface area contributed by atoms with Crippen molar-refractivity contribution < 1.29 is 8.42 Å². The minimum absolute atomic E-state index is 0.0771. The van der Waals surface area contributed by atoms with E-state index in [2.05, 4.69) is 9.71 Å². The summed E-state index contributed by atoms with van der Waals surface area (Å²) >= 11 is 11.2. The maximum absolute atomic E-state index is 12.0. The highest BCUT2D eigenvalue weighted by molar-refractivity contribution is 7.89. The van der Waals surface area contributed by atoms with E-state index in [1.807, 2.05) is 6.92 Å². The summed E-state index contributed by atoms with van der Waals surface area (Å²) in [6.45, 7) is 3.52. The van der Waals surface area contributed by atoms with E-state index in [0.717, 1.165) is 5.56 Å². The number of rotatable bonds is 5. The van der Waals surface area contributed by atoms with E-state index in [-0.39, 0.29) is 15.3 Å². The first-order valence-corrected chi connectivity index (χ1v) is 8.08. The van der Waals surface area contributed by atoms with E-state index in [4.69, 9.17) is 28.9 Å². The van der Waals surface area contributed by atoms with Gasteiger partial charge in [0.05, 0.1) is 4.90 Å². The number of sulfonamides is 1. The van der Waals surface area contributed by atoms with Crippen molar-refractivity contribution in [1.29, 1.82) is 0 Å². The summed E-state index contributed by atoms with van der Waals surface area (Å²) in [5.74, 6) is 0. The molecule has 1 rings (SSSR count). The third-order valence-electron chi connectivity index (χ3n) is 2.42. The Balaban J connectivity index is 2.85. The molecular formula is C13H15Cl2N3O2S. The summed E-state index contributed by atoms with van der Waals surface area (Å²) in [5, 5.41) is -0.124. The van der Waals surface area contributed by atoms with E-state index in [9.17, 15) is 8.42 Å². The number of hydrogen-bond acceptors (Lipinski definition) is 3.